The first kappa shape index (κ1) is 68.3. The van der Waals surface area contributed by atoms with Crippen molar-refractivity contribution in [2.75, 3.05) is 13.2 Å². The standard InChI is InChI=1S/C64H123NO5/c1-3-5-7-9-11-13-15-17-19-21-26-30-34-38-42-46-50-54-58-64(69)70-59-55-51-47-43-39-35-31-27-23-22-25-29-33-37-41-45-49-53-57-63(68)65-61(60-66)62(67)56-52-48-44-40-36-32-28-24-20-18-16-14-12-10-8-6-4-2/h19,21,25,29,61-62,66-67H,3-18,20,22-24,26-28,30-60H2,1-2H3,(H,65,68)/b21-19-,29-25-. The van der Waals surface area contributed by atoms with Crippen LogP contribution in [0.5, 0.6) is 0 Å². The maximum absolute atomic E-state index is 12.5. The lowest BCUT2D eigenvalue weighted by molar-refractivity contribution is -0.143. The number of unbranched alkanes of at least 4 members (excludes halogenated alkanes) is 44. The third-order valence-corrected chi connectivity index (χ3v) is 14.7. The van der Waals surface area contributed by atoms with E-state index in [-0.39, 0.29) is 18.5 Å². The molecule has 0 aromatic heterocycles. The zero-order chi connectivity index (χ0) is 50.7. The fourth-order valence-electron chi connectivity index (χ4n) is 9.87. The quantitative estimate of drug-likeness (QED) is 0.0321. The molecule has 0 aliphatic heterocycles. The number of hydrogen-bond acceptors (Lipinski definition) is 5. The normalized spacial score (nSPS) is 12.7. The second-order valence-corrected chi connectivity index (χ2v) is 21.7. The Morgan fingerprint density at radius 3 is 1.01 bits per heavy atom. The molecular weight excluding hydrogens is 863 g/mol. The summed E-state index contributed by atoms with van der Waals surface area (Å²) in [6.45, 7) is 4.96. The molecular formula is C64H123NO5. The monoisotopic (exact) mass is 986 g/mol. The fraction of sp³-hybridized carbons (Fsp3) is 0.906. The summed E-state index contributed by atoms with van der Waals surface area (Å²) in [5, 5.41) is 23.3. The van der Waals surface area contributed by atoms with Crippen LogP contribution in [0.4, 0.5) is 0 Å². The number of hydrogen-bond donors (Lipinski definition) is 3. The van der Waals surface area contributed by atoms with Gasteiger partial charge in [0, 0.05) is 12.8 Å². The Bertz CT molecular complexity index is 1090. The van der Waals surface area contributed by atoms with Crippen molar-refractivity contribution in [2.24, 2.45) is 0 Å². The summed E-state index contributed by atoms with van der Waals surface area (Å²) in [6.07, 6.45) is 73.3. The average Bonchev–Trinajstić information content (AvgIpc) is 3.36. The molecule has 0 radical (unpaired) electrons. The maximum atomic E-state index is 12.5. The number of esters is 1. The number of aliphatic hydroxyl groups excluding tert-OH is 2. The number of aliphatic hydroxyl groups is 2. The average molecular weight is 987 g/mol. The van der Waals surface area contributed by atoms with E-state index >= 15 is 0 Å². The van der Waals surface area contributed by atoms with Crippen molar-refractivity contribution in [3.05, 3.63) is 24.3 Å². The van der Waals surface area contributed by atoms with Gasteiger partial charge in [0.25, 0.3) is 0 Å². The zero-order valence-electron chi connectivity index (χ0n) is 47.3. The van der Waals surface area contributed by atoms with Gasteiger partial charge in [-0.05, 0) is 77.0 Å². The molecule has 0 aromatic rings. The van der Waals surface area contributed by atoms with E-state index < -0.39 is 12.1 Å². The van der Waals surface area contributed by atoms with Crippen molar-refractivity contribution in [3.8, 4) is 0 Å². The lowest BCUT2D eigenvalue weighted by atomic mass is 10.0. The van der Waals surface area contributed by atoms with Crippen molar-refractivity contribution in [1.29, 1.82) is 0 Å². The number of carbonyl (C=O) groups excluding carboxylic acids is 2. The van der Waals surface area contributed by atoms with Gasteiger partial charge in [-0.25, -0.2) is 0 Å². The SMILES string of the molecule is CCCCCCCCC/C=C\CCCCCCCCCC(=O)OCCCCCCCCCCC/C=C\CCCCCCCC(=O)NC(CO)C(O)CCCCCCCCCCCCCCCCCCC. The summed E-state index contributed by atoms with van der Waals surface area (Å²) >= 11 is 0. The van der Waals surface area contributed by atoms with Gasteiger partial charge in [-0.15, -0.1) is 0 Å². The highest BCUT2D eigenvalue weighted by atomic mass is 16.5. The first-order valence-electron chi connectivity index (χ1n) is 31.6. The Kier molecular flexibility index (Phi) is 58.5. The minimum atomic E-state index is -0.673. The van der Waals surface area contributed by atoms with Gasteiger partial charge in [0.2, 0.25) is 5.91 Å². The predicted octanol–water partition coefficient (Wildman–Crippen LogP) is 19.8. The van der Waals surface area contributed by atoms with E-state index in [1.54, 1.807) is 0 Å². The van der Waals surface area contributed by atoms with Crippen molar-refractivity contribution in [3.63, 3.8) is 0 Å². The lowest BCUT2D eigenvalue weighted by Gasteiger charge is -2.22. The number of rotatable bonds is 59. The molecule has 6 nitrogen and oxygen atoms in total. The molecule has 6 heteroatoms. The molecule has 0 aromatic carbocycles. The van der Waals surface area contributed by atoms with Crippen LogP contribution in [-0.2, 0) is 14.3 Å². The minimum absolute atomic E-state index is 0.000700. The number of nitrogens with one attached hydrogen (secondary N) is 1. The molecule has 0 heterocycles. The Labute approximate surface area is 437 Å². The van der Waals surface area contributed by atoms with Gasteiger partial charge in [-0.1, -0.05) is 282 Å². The smallest absolute Gasteiger partial charge is 0.305 e. The van der Waals surface area contributed by atoms with E-state index in [9.17, 15) is 19.8 Å². The molecule has 0 bridgehead atoms. The summed E-state index contributed by atoms with van der Waals surface area (Å²) in [5.41, 5.74) is 0. The van der Waals surface area contributed by atoms with Crippen LogP contribution in [0.1, 0.15) is 348 Å². The summed E-state index contributed by atoms with van der Waals surface area (Å²) < 4.78 is 5.49. The van der Waals surface area contributed by atoms with Gasteiger partial charge in [0.15, 0.2) is 0 Å². The van der Waals surface area contributed by atoms with Gasteiger partial charge in [0.05, 0.1) is 25.4 Å². The maximum Gasteiger partial charge on any atom is 0.305 e. The molecule has 0 rings (SSSR count). The third-order valence-electron chi connectivity index (χ3n) is 14.7. The molecule has 2 unspecified atom stereocenters. The van der Waals surface area contributed by atoms with E-state index in [2.05, 4.69) is 43.5 Å². The molecule has 3 N–H and O–H groups in total. The molecule has 0 saturated carbocycles. The van der Waals surface area contributed by atoms with Crippen molar-refractivity contribution >= 4 is 11.9 Å². The minimum Gasteiger partial charge on any atom is -0.466 e. The predicted molar refractivity (Wildman–Crippen MR) is 306 cm³/mol. The van der Waals surface area contributed by atoms with Gasteiger partial charge >= 0.3 is 5.97 Å². The van der Waals surface area contributed by atoms with Gasteiger partial charge < -0.3 is 20.3 Å². The van der Waals surface area contributed by atoms with E-state index in [1.807, 2.05) is 0 Å². The third kappa shape index (κ3) is 55.7. The van der Waals surface area contributed by atoms with Crippen LogP contribution in [-0.4, -0.2) is 47.4 Å². The number of carbonyl (C=O) groups is 2. The molecule has 414 valence electrons. The first-order valence-corrected chi connectivity index (χ1v) is 31.6. The van der Waals surface area contributed by atoms with Crippen molar-refractivity contribution < 1.29 is 24.5 Å². The molecule has 0 saturated heterocycles. The number of allylic oxidation sites excluding steroid dienone is 4. The van der Waals surface area contributed by atoms with E-state index in [4.69, 9.17) is 4.74 Å². The number of amides is 1. The van der Waals surface area contributed by atoms with E-state index in [0.29, 0.717) is 25.9 Å². The topological polar surface area (TPSA) is 95.9 Å². The molecule has 1 amide bonds. The highest BCUT2D eigenvalue weighted by Gasteiger charge is 2.20. The Morgan fingerprint density at radius 2 is 0.671 bits per heavy atom. The summed E-state index contributed by atoms with van der Waals surface area (Å²) in [5.74, 6) is -0.0462. The van der Waals surface area contributed by atoms with Gasteiger partial charge in [-0.2, -0.15) is 0 Å². The van der Waals surface area contributed by atoms with E-state index in [0.717, 1.165) is 57.8 Å². The van der Waals surface area contributed by atoms with Crippen LogP contribution in [0.15, 0.2) is 24.3 Å². The Balaban J connectivity index is 3.43. The molecule has 0 aliphatic rings. The van der Waals surface area contributed by atoms with Crippen molar-refractivity contribution in [2.45, 2.75) is 360 Å². The molecule has 0 aliphatic carbocycles. The molecule has 2 atom stereocenters. The van der Waals surface area contributed by atoms with Crippen LogP contribution < -0.4 is 5.32 Å². The fourth-order valence-corrected chi connectivity index (χ4v) is 9.87. The number of ether oxygens (including phenoxy) is 1. The molecule has 0 fully saturated rings. The van der Waals surface area contributed by atoms with Crippen LogP contribution in [0.2, 0.25) is 0 Å². The highest BCUT2D eigenvalue weighted by molar-refractivity contribution is 5.76. The summed E-state index contributed by atoms with van der Waals surface area (Å²) in [4.78, 5) is 24.6. The summed E-state index contributed by atoms with van der Waals surface area (Å²) in [6, 6.07) is -0.552. The van der Waals surface area contributed by atoms with Gasteiger partial charge in [0.1, 0.15) is 0 Å². The van der Waals surface area contributed by atoms with Gasteiger partial charge in [-0.3, -0.25) is 9.59 Å². The molecule has 0 spiro atoms. The van der Waals surface area contributed by atoms with Crippen molar-refractivity contribution in [1.82, 2.24) is 5.32 Å². The summed E-state index contributed by atoms with van der Waals surface area (Å²) in [7, 11) is 0. The first-order chi connectivity index (χ1) is 34.5. The Morgan fingerprint density at radius 1 is 0.386 bits per heavy atom. The largest absolute Gasteiger partial charge is 0.466 e. The van der Waals surface area contributed by atoms with Crippen LogP contribution >= 0.6 is 0 Å². The second kappa shape index (κ2) is 59.9. The van der Waals surface area contributed by atoms with Crippen LogP contribution in [0.3, 0.4) is 0 Å². The highest BCUT2D eigenvalue weighted by Crippen LogP contribution is 2.17. The van der Waals surface area contributed by atoms with E-state index in [1.165, 1.54) is 257 Å². The molecule has 70 heavy (non-hydrogen) atoms. The van der Waals surface area contributed by atoms with Crippen LogP contribution in [0, 0.1) is 0 Å². The van der Waals surface area contributed by atoms with Crippen LogP contribution in [0.25, 0.3) is 0 Å². The lowest BCUT2D eigenvalue weighted by Crippen LogP contribution is -2.45. The second-order valence-electron chi connectivity index (χ2n) is 21.7. The Hall–Kier alpha value is -1.66. The zero-order valence-corrected chi connectivity index (χ0v) is 47.3.